The van der Waals surface area contributed by atoms with Crippen molar-refractivity contribution in [1.82, 2.24) is 9.55 Å². The zero-order chi connectivity index (χ0) is 12.3. The van der Waals surface area contributed by atoms with Gasteiger partial charge in [-0.25, -0.2) is 0 Å². The summed E-state index contributed by atoms with van der Waals surface area (Å²) in [5.74, 6) is 0. The number of hydrogen-bond acceptors (Lipinski definition) is 3. The van der Waals surface area contributed by atoms with Gasteiger partial charge in [0.05, 0.1) is 14.5 Å². The highest BCUT2D eigenvalue weighted by atomic mass is 127. The number of pyridine rings is 2. The molecular formula is C12H13IN2O2. The van der Waals surface area contributed by atoms with Gasteiger partial charge in [-0.05, 0) is 35.1 Å². The molecule has 2 heterocycles. The minimum absolute atomic E-state index is 0.0525. The van der Waals surface area contributed by atoms with E-state index in [1.807, 2.05) is 12.3 Å². The second-order valence-corrected chi connectivity index (χ2v) is 4.90. The molecule has 5 heteroatoms. The lowest BCUT2D eigenvalue weighted by Crippen LogP contribution is -2.13. The van der Waals surface area contributed by atoms with Crippen molar-refractivity contribution in [3.63, 3.8) is 0 Å². The Kier molecular flexibility index (Phi) is 4.11. The number of rotatable bonds is 4. The van der Waals surface area contributed by atoms with E-state index < -0.39 is 0 Å². The predicted molar refractivity (Wildman–Crippen MR) is 75.2 cm³/mol. The van der Waals surface area contributed by atoms with Gasteiger partial charge in [-0.2, -0.15) is 0 Å². The maximum absolute atomic E-state index is 11.9. The first kappa shape index (κ1) is 12.5. The maximum atomic E-state index is 11.9. The van der Waals surface area contributed by atoms with Crippen LogP contribution >= 0.6 is 22.6 Å². The average molecular weight is 344 g/mol. The van der Waals surface area contributed by atoms with Crippen LogP contribution in [0.1, 0.15) is 6.42 Å². The van der Waals surface area contributed by atoms with Crippen LogP contribution in [0, 0.1) is 3.57 Å². The van der Waals surface area contributed by atoms with Crippen molar-refractivity contribution in [2.75, 3.05) is 13.7 Å². The third-order valence-corrected chi connectivity index (χ3v) is 3.35. The Bertz CT molecular complexity index is 580. The lowest BCUT2D eigenvalue weighted by molar-refractivity contribution is 0.190. The topological polar surface area (TPSA) is 44.1 Å². The zero-order valence-corrected chi connectivity index (χ0v) is 11.7. The molecule has 0 saturated heterocycles. The van der Waals surface area contributed by atoms with Gasteiger partial charge >= 0.3 is 0 Å². The van der Waals surface area contributed by atoms with Crippen molar-refractivity contribution in [1.29, 1.82) is 0 Å². The van der Waals surface area contributed by atoms with Crippen LogP contribution in [0.25, 0.3) is 10.9 Å². The van der Waals surface area contributed by atoms with Crippen LogP contribution in [-0.2, 0) is 11.3 Å². The molecule has 4 nitrogen and oxygen atoms in total. The summed E-state index contributed by atoms with van der Waals surface area (Å²) in [5.41, 5.74) is 0.984. The smallest absolute Gasteiger partial charge is 0.204 e. The van der Waals surface area contributed by atoms with Gasteiger partial charge in [0.1, 0.15) is 0 Å². The second kappa shape index (κ2) is 5.59. The summed E-state index contributed by atoms with van der Waals surface area (Å²) >= 11 is 2.07. The largest absolute Gasteiger partial charge is 0.385 e. The van der Waals surface area contributed by atoms with Crippen molar-refractivity contribution in [3.8, 4) is 0 Å². The van der Waals surface area contributed by atoms with Gasteiger partial charge in [-0.3, -0.25) is 9.78 Å². The van der Waals surface area contributed by atoms with Gasteiger partial charge in [0, 0.05) is 38.9 Å². The summed E-state index contributed by atoms with van der Waals surface area (Å²) in [5, 5.41) is 0.678. The minimum Gasteiger partial charge on any atom is -0.385 e. The maximum Gasteiger partial charge on any atom is 0.204 e. The number of nitrogens with zero attached hydrogens (tertiary/aromatic N) is 2. The van der Waals surface area contributed by atoms with E-state index >= 15 is 0 Å². The molecule has 0 spiro atoms. The molecule has 0 amide bonds. The number of halogens is 1. The van der Waals surface area contributed by atoms with E-state index in [0.717, 1.165) is 28.7 Å². The van der Waals surface area contributed by atoms with E-state index in [9.17, 15) is 4.79 Å². The first-order valence-corrected chi connectivity index (χ1v) is 6.43. The first-order chi connectivity index (χ1) is 8.24. The van der Waals surface area contributed by atoms with E-state index in [0.29, 0.717) is 5.39 Å². The van der Waals surface area contributed by atoms with Crippen LogP contribution < -0.4 is 5.43 Å². The Morgan fingerprint density at radius 1 is 1.53 bits per heavy atom. The van der Waals surface area contributed by atoms with Gasteiger partial charge < -0.3 is 9.30 Å². The molecule has 0 unspecified atom stereocenters. The molecule has 0 aliphatic rings. The van der Waals surface area contributed by atoms with Crippen molar-refractivity contribution in [3.05, 3.63) is 38.5 Å². The normalized spacial score (nSPS) is 10.9. The number of aromatic nitrogens is 2. The number of fused-ring (bicyclic) bond motifs is 1. The average Bonchev–Trinajstić information content (AvgIpc) is 2.36. The zero-order valence-electron chi connectivity index (χ0n) is 9.52. The highest BCUT2D eigenvalue weighted by molar-refractivity contribution is 14.1. The molecular weight excluding hydrogens is 331 g/mol. The van der Waals surface area contributed by atoms with Crippen molar-refractivity contribution < 1.29 is 4.74 Å². The lowest BCUT2D eigenvalue weighted by Gasteiger charge is -2.10. The van der Waals surface area contributed by atoms with Gasteiger partial charge in [-0.1, -0.05) is 0 Å². The molecule has 0 fully saturated rings. The molecule has 0 saturated carbocycles. The highest BCUT2D eigenvalue weighted by Gasteiger charge is 2.06. The monoisotopic (exact) mass is 344 g/mol. The van der Waals surface area contributed by atoms with Crippen molar-refractivity contribution in [2.45, 2.75) is 13.0 Å². The van der Waals surface area contributed by atoms with Crippen LogP contribution in [0.15, 0.2) is 29.5 Å². The number of ether oxygens (including phenoxy) is 1. The minimum atomic E-state index is 0.0525. The molecule has 0 bridgehead atoms. The summed E-state index contributed by atoms with van der Waals surface area (Å²) in [7, 11) is 1.69. The molecule has 2 rings (SSSR count). The van der Waals surface area contributed by atoms with E-state index in [2.05, 4.69) is 32.1 Å². The van der Waals surface area contributed by atoms with Gasteiger partial charge in [0.15, 0.2) is 0 Å². The molecule has 0 aliphatic heterocycles. The lowest BCUT2D eigenvalue weighted by atomic mass is 10.2. The van der Waals surface area contributed by atoms with Crippen LogP contribution in [0.2, 0.25) is 0 Å². The third kappa shape index (κ3) is 2.66. The Morgan fingerprint density at radius 2 is 2.35 bits per heavy atom. The molecule has 2 aromatic rings. The quantitative estimate of drug-likeness (QED) is 0.630. The summed E-state index contributed by atoms with van der Waals surface area (Å²) in [6.45, 7) is 1.56. The SMILES string of the molecule is COCCCn1cc(I)c(=O)c2cnccc21. The van der Waals surface area contributed by atoms with Crippen LogP contribution in [-0.4, -0.2) is 23.3 Å². The van der Waals surface area contributed by atoms with Crippen molar-refractivity contribution in [2.24, 2.45) is 0 Å². The first-order valence-electron chi connectivity index (χ1n) is 5.35. The number of aryl methyl sites for hydroxylation is 1. The Hall–Kier alpha value is -0.950. The van der Waals surface area contributed by atoms with E-state index in [4.69, 9.17) is 4.74 Å². The van der Waals surface area contributed by atoms with E-state index in [1.165, 1.54) is 0 Å². The highest BCUT2D eigenvalue weighted by Crippen LogP contribution is 2.12. The summed E-state index contributed by atoms with van der Waals surface area (Å²) in [6.07, 6.45) is 6.15. The molecule has 90 valence electrons. The van der Waals surface area contributed by atoms with E-state index in [-0.39, 0.29) is 5.43 Å². The number of methoxy groups -OCH3 is 1. The van der Waals surface area contributed by atoms with Gasteiger partial charge in [0.2, 0.25) is 5.43 Å². The van der Waals surface area contributed by atoms with Gasteiger partial charge in [0.25, 0.3) is 0 Å². The fraction of sp³-hybridized carbons (Fsp3) is 0.333. The third-order valence-electron chi connectivity index (χ3n) is 2.59. The summed E-state index contributed by atoms with van der Waals surface area (Å²) < 4.78 is 7.85. The molecule has 0 N–H and O–H groups in total. The molecule has 0 radical (unpaired) electrons. The molecule has 0 aromatic carbocycles. The van der Waals surface area contributed by atoms with Crippen LogP contribution in [0.3, 0.4) is 0 Å². The van der Waals surface area contributed by atoms with Crippen molar-refractivity contribution >= 4 is 33.5 Å². The Morgan fingerprint density at radius 3 is 3.12 bits per heavy atom. The van der Waals surface area contributed by atoms with E-state index in [1.54, 1.807) is 19.5 Å². The molecule has 0 atom stereocenters. The fourth-order valence-corrected chi connectivity index (χ4v) is 2.40. The molecule has 0 aliphatic carbocycles. The second-order valence-electron chi connectivity index (χ2n) is 3.74. The van der Waals surface area contributed by atoms with Crippen LogP contribution in [0.5, 0.6) is 0 Å². The van der Waals surface area contributed by atoms with Gasteiger partial charge in [-0.15, -0.1) is 0 Å². The summed E-state index contributed by atoms with van der Waals surface area (Å²) in [4.78, 5) is 15.9. The standard InChI is InChI=1S/C12H13IN2O2/c1-17-6-2-5-15-8-10(13)12(16)9-7-14-4-3-11(9)15/h3-4,7-8H,2,5-6H2,1H3. The van der Waals surface area contributed by atoms with Crippen LogP contribution in [0.4, 0.5) is 0 Å². The predicted octanol–water partition coefficient (Wildman–Crippen LogP) is 2.04. The Labute approximate surface area is 113 Å². The number of hydrogen-bond donors (Lipinski definition) is 0. The molecule has 2 aromatic heterocycles. The summed E-state index contributed by atoms with van der Waals surface area (Å²) in [6, 6.07) is 1.87. The Balaban J connectivity index is 2.48. The molecule has 17 heavy (non-hydrogen) atoms. The fourth-order valence-electron chi connectivity index (χ4n) is 1.77.